The Hall–Kier alpha value is -3.20. The zero-order chi connectivity index (χ0) is 22.9. The average molecular weight is 456 g/mol. The molecule has 0 aliphatic carbocycles. The summed E-state index contributed by atoms with van der Waals surface area (Å²) in [5, 5.41) is 10.4. The largest absolute Gasteiger partial charge is 0.573 e. The minimum absolute atomic E-state index is 0.00402. The third kappa shape index (κ3) is 4.77. The van der Waals surface area contributed by atoms with Gasteiger partial charge in [-0.2, -0.15) is 0 Å². The van der Waals surface area contributed by atoms with Crippen LogP contribution in [0.4, 0.5) is 13.2 Å². The molecule has 0 spiro atoms. The molecule has 0 saturated carbocycles. The van der Waals surface area contributed by atoms with Crippen molar-refractivity contribution in [2.24, 2.45) is 0 Å². The Labute approximate surface area is 179 Å². The molecule has 10 heteroatoms. The summed E-state index contributed by atoms with van der Waals surface area (Å²) in [6, 6.07) is 7.18. The number of fused-ring (bicyclic) bond motifs is 1. The molecule has 1 aromatic heterocycles. The summed E-state index contributed by atoms with van der Waals surface area (Å²) in [7, 11) is 0. The standard InChI is InChI=1S/C21H17ClF3NO5/c1-3-30-19(28)9-14-11(2)26(17-10-16(22)18(27)8-15(14)17)20(29)12-4-6-13(7-5-12)31-21(23,24)25/h4-8,10,27H,3,9H2,1-2H3. The normalized spacial score (nSPS) is 11.5. The first-order valence-corrected chi connectivity index (χ1v) is 9.48. The predicted octanol–water partition coefficient (Wildman–Crippen LogP) is 5.00. The van der Waals surface area contributed by atoms with Gasteiger partial charge in [0.25, 0.3) is 5.91 Å². The van der Waals surface area contributed by atoms with Gasteiger partial charge in [-0.1, -0.05) is 11.6 Å². The second-order valence-electron chi connectivity index (χ2n) is 6.58. The van der Waals surface area contributed by atoms with Crippen LogP contribution in [-0.2, 0) is 16.0 Å². The van der Waals surface area contributed by atoms with Gasteiger partial charge in [0.2, 0.25) is 0 Å². The first-order valence-electron chi connectivity index (χ1n) is 9.10. The van der Waals surface area contributed by atoms with Crippen molar-refractivity contribution < 1.29 is 37.3 Å². The number of rotatable bonds is 5. The van der Waals surface area contributed by atoms with E-state index in [1.165, 1.54) is 28.8 Å². The Morgan fingerprint density at radius 3 is 2.39 bits per heavy atom. The number of benzene rings is 2. The van der Waals surface area contributed by atoms with Crippen LogP contribution >= 0.6 is 11.6 Å². The molecule has 164 valence electrons. The molecular formula is C21H17ClF3NO5. The van der Waals surface area contributed by atoms with Crippen LogP contribution in [0.15, 0.2) is 36.4 Å². The number of phenols is 1. The van der Waals surface area contributed by atoms with Crippen LogP contribution < -0.4 is 4.74 Å². The third-order valence-electron chi connectivity index (χ3n) is 4.57. The van der Waals surface area contributed by atoms with Crippen molar-refractivity contribution in [2.75, 3.05) is 6.61 Å². The lowest BCUT2D eigenvalue weighted by molar-refractivity contribution is -0.274. The van der Waals surface area contributed by atoms with Crippen molar-refractivity contribution in [1.29, 1.82) is 0 Å². The van der Waals surface area contributed by atoms with Crippen LogP contribution in [0.2, 0.25) is 5.02 Å². The number of aromatic hydroxyl groups is 1. The summed E-state index contributed by atoms with van der Waals surface area (Å²) in [5.74, 6) is -1.76. The number of esters is 1. The molecule has 0 unspecified atom stereocenters. The Balaban J connectivity index is 2.08. The highest BCUT2D eigenvalue weighted by atomic mass is 35.5. The molecule has 6 nitrogen and oxygen atoms in total. The van der Waals surface area contributed by atoms with Crippen molar-refractivity contribution in [3.63, 3.8) is 0 Å². The van der Waals surface area contributed by atoms with Crippen LogP contribution in [0, 0.1) is 6.92 Å². The van der Waals surface area contributed by atoms with E-state index in [0.29, 0.717) is 22.2 Å². The van der Waals surface area contributed by atoms with Gasteiger partial charge in [-0.15, -0.1) is 13.2 Å². The molecular weight excluding hydrogens is 439 g/mol. The van der Waals surface area contributed by atoms with E-state index < -0.39 is 24.0 Å². The molecule has 3 rings (SSSR count). The number of carbonyl (C=O) groups is 2. The van der Waals surface area contributed by atoms with Gasteiger partial charge >= 0.3 is 12.3 Å². The van der Waals surface area contributed by atoms with E-state index in [9.17, 15) is 27.9 Å². The van der Waals surface area contributed by atoms with E-state index in [-0.39, 0.29) is 29.4 Å². The van der Waals surface area contributed by atoms with Gasteiger partial charge in [0.1, 0.15) is 11.5 Å². The van der Waals surface area contributed by atoms with Crippen molar-refractivity contribution in [2.45, 2.75) is 26.6 Å². The highest BCUT2D eigenvalue weighted by Crippen LogP contribution is 2.35. The number of hydrogen-bond acceptors (Lipinski definition) is 5. The van der Waals surface area contributed by atoms with Gasteiger partial charge < -0.3 is 14.6 Å². The summed E-state index contributed by atoms with van der Waals surface area (Å²) in [6.45, 7) is 3.45. The van der Waals surface area contributed by atoms with E-state index in [2.05, 4.69) is 4.74 Å². The lowest BCUT2D eigenvalue weighted by atomic mass is 10.1. The van der Waals surface area contributed by atoms with Crippen molar-refractivity contribution in [1.82, 2.24) is 4.57 Å². The maximum absolute atomic E-state index is 13.2. The smallest absolute Gasteiger partial charge is 0.506 e. The first kappa shape index (κ1) is 22.5. The maximum Gasteiger partial charge on any atom is 0.573 e. The van der Waals surface area contributed by atoms with E-state index >= 15 is 0 Å². The lowest BCUT2D eigenvalue weighted by Gasteiger charge is -2.11. The number of carbonyl (C=O) groups excluding carboxylic acids is 2. The van der Waals surface area contributed by atoms with Crippen molar-refractivity contribution >= 4 is 34.4 Å². The summed E-state index contributed by atoms with van der Waals surface area (Å²) >= 11 is 6.02. The molecule has 31 heavy (non-hydrogen) atoms. The van der Waals surface area contributed by atoms with E-state index in [0.717, 1.165) is 12.1 Å². The second-order valence-corrected chi connectivity index (χ2v) is 6.99. The summed E-state index contributed by atoms with van der Waals surface area (Å²) in [5.41, 5.74) is 1.29. The number of alkyl halides is 3. The van der Waals surface area contributed by atoms with Gasteiger partial charge in [0.05, 0.1) is 23.6 Å². The van der Waals surface area contributed by atoms with Gasteiger partial charge in [-0.3, -0.25) is 14.2 Å². The number of nitrogens with zero attached hydrogens (tertiary/aromatic N) is 1. The monoisotopic (exact) mass is 455 g/mol. The molecule has 0 aliphatic heterocycles. The van der Waals surface area contributed by atoms with E-state index in [4.69, 9.17) is 16.3 Å². The van der Waals surface area contributed by atoms with Crippen molar-refractivity contribution in [3.8, 4) is 11.5 Å². The minimum atomic E-state index is -4.85. The fourth-order valence-electron chi connectivity index (χ4n) is 3.26. The molecule has 0 saturated heterocycles. The van der Waals surface area contributed by atoms with Crippen LogP contribution in [0.1, 0.15) is 28.5 Å². The fourth-order valence-corrected chi connectivity index (χ4v) is 3.42. The maximum atomic E-state index is 13.2. The van der Waals surface area contributed by atoms with Crippen LogP contribution in [-0.4, -0.2) is 34.5 Å². The number of phenolic OH excluding ortho intramolecular Hbond substituents is 1. The minimum Gasteiger partial charge on any atom is -0.506 e. The molecule has 0 bridgehead atoms. The van der Waals surface area contributed by atoms with Crippen LogP contribution in [0.25, 0.3) is 10.9 Å². The second kappa shape index (κ2) is 8.50. The summed E-state index contributed by atoms with van der Waals surface area (Å²) in [4.78, 5) is 25.2. The summed E-state index contributed by atoms with van der Waals surface area (Å²) < 4.78 is 47.2. The van der Waals surface area contributed by atoms with Crippen molar-refractivity contribution in [3.05, 3.63) is 58.2 Å². The highest BCUT2D eigenvalue weighted by molar-refractivity contribution is 6.33. The fraction of sp³-hybridized carbons (Fsp3) is 0.238. The van der Waals surface area contributed by atoms with Gasteiger partial charge in [0.15, 0.2) is 0 Å². The quantitative estimate of drug-likeness (QED) is 0.548. The molecule has 0 radical (unpaired) electrons. The third-order valence-corrected chi connectivity index (χ3v) is 4.87. The van der Waals surface area contributed by atoms with Crippen LogP contribution in [0.5, 0.6) is 11.5 Å². The molecule has 0 fully saturated rings. The first-order chi connectivity index (χ1) is 14.5. The number of halogens is 4. The molecule has 0 aliphatic rings. The molecule has 0 amide bonds. The highest BCUT2D eigenvalue weighted by Gasteiger charge is 2.31. The lowest BCUT2D eigenvalue weighted by Crippen LogP contribution is -2.17. The Bertz CT molecular complexity index is 1150. The predicted molar refractivity (Wildman–Crippen MR) is 107 cm³/mol. The topological polar surface area (TPSA) is 77.8 Å². The van der Waals surface area contributed by atoms with Gasteiger partial charge in [-0.25, -0.2) is 0 Å². The molecule has 1 N–H and O–H groups in total. The Morgan fingerprint density at radius 1 is 1.16 bits per heavy atom. The molecule has 1 heterocycles. The zero-order valence-electron chi connectivity index (χ0n) is 16.4. The summed E-state index contributed by atoms with van der Waals surface area (Å²) in [6.07, 6.45) is -4.99. The van der Waals surface area contributed by atoms with E-state index in [1.54, 1.807) is 13.8 Å². The van der Waals surface area contributed by atoms with Gasteiger partial charge in [-0.05, 0) is 55.8 Å². The van der Waals surface area contributed by atoms with Gasteiger partial charge in [0, 0.05) is 16.6 Å². The zero-order valence-corrected chi connectivity index (χ0v) is 17.2. The molecule has 0 atom stereocenters. The SMILES string of the molecule is CCOC(=O)Cc1c(C)n(C(=O)c2ccc(OC(F)(F)F)cc2)c2cc(Cl)c(O)cc12. The Morgan fingerprint density at radius 2 is 1.81 bits per heavy atom. The number of aromatic nitrogens is 1. The Kier molecular flexibility index (Phi) is 6.17. The number of ether oxygens (including phenoxy) is 2. The number of hydrogen-bond donors (Lipinski definition) is 1. The average Bonchev–Trinajstić information content (AvgIpc) is 2.92. The molecule has 2 aromatic carbocycles. The van der Waals surface area contributed by atoms with E-state index in [1.807, 2.05) is 0 Å². The van der Waals surface area contributed by atoms with Crippen LogP contribution in [0.3, 0.4) is 0 Å². The molecule has 3 aromatic rings.